The van der Waals surface area contributed by atoms with Crippen LogP contribution in [0.3, 0.4) is 0 Å². The predicted molar refractivity (Wildman–Crippen MR) is 47.1 cm³/mol. The minimum atomic E-state index is -5.04. The number of pyridine rings is 1. The molecule has 5 nitrogen and oxygen atoms in total. The first-order valence-electron chi connectivity index (χ1n) is 4.21. The summed E-state index contributed by atoms with van der Waals surface area (Å²) in [7, 11) is 0. The SMILES string of the molecule is Cc1c(CF)cc([N+](=O)[O-])nc1OC(F)(F)F. The molecule has 0 saturated heterocycles. The number of hydrogen-bond donors (Lipinski definition) is 0. The van der Waals surface area contributed by atoms with Gasteiger partial charge in [0.05, 0.1) is 0 Å². The van der Waals surface area contributed by atoms with Crippen molar-refractivity contribution in [3.63, 3.8) is 0 Å². The van der Waals surface area contributed by atoms with E-state index < -0.39 is 29.7 Å². The maximum atomic E-state index is 12.5. The fourth-order valence-electron chi connectivity index (χ4n) is 1.06. The smallest absolute Gasteiger partial charge is 0.366 e. The molecular formula is C8H6F4N2O3. The van der Waals surface area contributed by atoms with Crippen molar-refractivity contribution in [1.29, 1.82) is 0 Å². The van der Waals surface area contributed by atoms with Crippen molar-refractivity contribution in [3.05, 3.63) is 27.3 Å². The van der Waals surface area contributed by atoms with Crippen LogP contribution in [0.2, 0.25) is 0 Å². The van der Waals surface area contributed by atoms with E-state index in [1.807, 2.05) is 0 Å². The Labute approximate surface area is 92.2 Å². The van der Waals surface area contributed by atoms with E-state index in [4.69, 9.17) is 0 Å². The Bertz CT molecular complexity index is 447. The first kappa shape index (κ1) is 13.1. The molecule has 0 amide bonds. The maximum Gasteiger partial charge on any atom is 0.575 e. The van der Waals surface area contributed by atoms with Gasteiger partial charge in [0.25, 0.3) is 0 Å². The highest BCUT2D eigenvalue weighted by molar-refractivity contribution is 5.40. The van der Waals surface area contributed by atoms with Crippen LogP contribution in [0.5, 0.6) is 5.88 Å². The minimum absolute atomic E-state index is 0.226. The third-order valence-electron chi connectivity index (χ3n) is 1.87. The number of hydrogen-bond acceptors (Lipinski definition) is 4. The molecule has 0 radical (unpaired) electrons. The van der Waals surface area contributed by atoms with Crippen LogP contribution in [0.1, 0.15) is 11.1 Å². The fraction of sp³-hybridized carbons (Fsp3) is 0.375. The third-order valence-corrected chi connectivity index (χ3v) is 1.87. The van der Waals surface area contributed by atoms with Crippen LogP contribution in [0.25, 0.3) is 0 Å². The van der Waals surface area contributed by atoms with Gasteiger partial charge in [0, 0.05) is 22.2 Å². The van der Waals surface area contributed by atoms with Crippen molar-refractivity contribution in [2.24, 2.45) is 0 Å². The number of ether oxygens (including phenoxy) is 1. The molecule has 0 unspecified atom stereocenters. The molecule has 0 fully saturated rings. The molecule has 1 heterocycles. The van der Waals surface area contributed by atoms with Crippen molar-refractivity contribution >= 4 is 5.82 Å². The molecular weight excluding hydrogens is 248 g/mol. The van der Waals surface area contributed by atoms with Gasteiger partial charge in [0.1, 0.15) is 6.67 Å². The summed E-state index contributed by atoms with van der Waals surface area (Å²) in [6, 6.07) is 0.762. The van der Waals surface area contributed by atoms with Crippen LogP contribution in [0, 0.1) is 17.0 Å². The van der Waals surface area contributed by atoms with Crippen LogP contribution in [0.15, 0.2) is 6.07 Å². The van der Waals surface area contributed by atoms with Crippen LogP contribution in [-0.4, -0.2) is 16.3 Å². The van der Waals surface area contributed by atoms with E-state index in [0.717, 1.165) is 13.0 Å². The second-order valence-corrected chi connectivity index (χ2v) is 3.01. The average Bonchev–Trinajstić information content (AvgIpc) is 2.18. The minimum Gasteiger partial charge on any atom is -0.366 e. The number of nitro groups is 1. The monoisotopic (exact) mass is 254 g/mol. The van der Waals surface area contributed by atoms with Crippen molar-refractivity contribution in [2.45, 2.75) is 20.0 Å². The van der Waals surface area contributed by atoms with Crippen LogP contribution < -0.4 is 4.74 Å². The Hall–Kier alpha value is -1.93. The highest BCUT2D eigenvalue weighted by Gasteiger charge is 2.35. The van der Waals surface area contributed by atoms with E-state index in [1.54, 1.807) is 0 Å². The van der Waals surface area contributed by atoms with Crippen molar-refractivity contribution in [3.8, 4) is 5.88 Å². The quantitative estimate of drug-likeness (QED) is 0.472. The maximum absolute atomic E-state index is 12.5. The predicted octanol–water partition coefficient (Wildman–Crippen LogP) is 2.67. The molecule has 0 saturated carbocycles. The molecule has 0 bridgehead atoms. The molecule has 0 aliphatic heterocycles. The second-order valence-electron chi connectivity index (χ2n) is 3.01. The van der Waals surface area contributed by atoms with Gasteiger partial charge in [-0.25, -0.2) is 4.39 Å². The Kier molecular flexibility index (Phi) is 3.49. The largest absolute Gasteiger partial charge is 0.575 e. The van der Waals surface area contributed by atoms with Gasteiger partial charge in [-0.2, -0.15) is 0 Å². The zero-order chi connectivity index (χ0) is 13.2. The molecule has 0 N–H and O–H groups in total. The zero-order valence-corrected chi connectivity index (χ0v) is 8.42. The Morgan fingerprint density at radius 3 is 2.53 bits per heavy atom. The molecule has 0 aromatic carbocycles. The summed E-state index contributed by atoms with van der Waals surface area (Å²) in [5.74, 6) is -1.91. The standard InChI is InChI=1S/C8H6F4N2O3/c1-4-5(3-9)2-6(14(15)16)13-7(4)17-8(10,11)12/h2H,3H2,1H3. The molecule has 0 atom stereocenters. The highest BCUT2D eigenvalue weighted by Crippen LogP contribution is 2.29. The molecule has 1 rings (SSSR count). The van der Waals surface area contributed by atoms with Crippen LogP contribution >= 0.6 is 0 Å². The average molecular weight is 254 g/mol. The molecule has 0 aliphatic rings. The van der Waals surface area contributed by atoms with Crippen molar-refractivity contribution < 1.29 is 27.2 Å². The summed E-state index contributed by atoms with van der Waals surface area (Å²) in [6.07, 6.45) is -5.04. The molecule has 0 aliphatic carbocycles. The Morgan fingerprint density at radius 1 is 1.53 bits per heavy atom. The van der Waals surface area contributed by atoms with Crippen molar-refractivity contribution in [1.82, 2.24) is 4.98 Å². The van der Waals surface area contributed by atoms with Gasteiger partial charge in [-0.3, -0.25) is 0 Å². The number of halogens is 4. The Balaban J connectivity index is 3.28. The van der Waals surface area contributed by atoms with E-state index >= 15 is 0 Å². The summed E-state index contributed by atoms with van der Waals surface area (Å²) in [4.78, 5) is 12.4. The molecule has 1 aromatic heterocycles. The Morgan fingerprint density at radius 2 is 2.12 bits per heavy atom. The van der Waals surface area contributed by atoms with Gasteiger partial charge in [0.2, 0.25) is 0 Å². The third kappa shape index (κ3) is 3.26. The molecule has 9 heteroatoms. The van der Waals surface area contributed by atoms with Crippen LogP contribution in [-0.2, 0) is 6.67 Å². The highest BCUT2D eigenvalue weighted by atomic mass is 19.4. The zero-order valence-electron chi connectivity index (χ0n) is 8.42. The van der Waals surface area contributed by atoms with E-state index in [0.29, 0.717) is 0 Å². The fourth-order valence-corrected chi connectivity index (χ4v) is 1.06. The molecule has 0 spiro atoms. The lowest BCUT2D eigenvalue weighted by Crippen LogP contribution is -2.19. The van der Waals surface area contributed by atoms with Gasteiger partial charge < -0.3 is 14.9 Å². The van der Waals surface area contributed by atoms with Gasteiger partial charge in [-0.15, -0.1) is 13.2 Å². The lowest BCUT2D eigenvalue weighted by Gasteiger charge is -2.08. The topological polar surface area (TPSA) is 65.3 Å². The van der Waals surface area contributed by atoms with Gasteiger partial charge in [-0.05, 0) is 11.8 Å². The van der Waals surface area contributed by atoms with Gasteiger partial charge in [-0.1, -0.05) is 0 Å². The summed E-state index contributed by atoms with van der Waals surface area (Å²) in [5, 5.41) is 10.4. The summed E-state index contributed by atoms with van der Waals surface area (Å²) < 4.78 is 51.8. The summed E-state index contributed by atoms with van der Waals surface area (Å²) in [6.45, 7) is -0.0177. The normalized spacial score (nSPS) is 11.4. The van der Waals surface area contributed by atoms with Crippen molar-refractivity contribution in [2.75, 3.05) is 0 Å². The van der Waals surface area contributed by atoms with E-state index in [9.17, 15) is 27.7 Å². The number of alkyl halides is 4. The van der Waals surface area contributed by atoms with Crippen LogP contribution in [0.4, 0.5) is 23.4 Å². The van der Waals surface area contributed by atoms with E-state index in [-0.39, 0.29) is 11.1 Å². The molecule has 94 valence electrons. The summed E-state index contributed by atoms with van der Waals surface area (Å²) in [5.41, 5.74) is -0.499. The molecule has 1 aromatic rings. The number of rotatable bonds is 3. The lowest BCUT2D eigenvalue weighted by molar-refractivity contribution is -0.390. The lowest BCUT2D eigenvalue weighted by atomic mass is 10.1. The second kappa shape index (κ2) is 4.52. The summed E-state index contributed by atoms with van der Waals surface area (Å²) >= 11 is 0. The first-order valence-corrected chi connectivity index (χ1v) is 4.21. The number of nitrogens with zero attached hydrogens (tertiary/aromatic N) is 2. The van der Waals surface area contributed by atoms with Gasteiger partial charge >= 0.3 is 18.1 Å². The number of aromatic nitrogens is 1. The first-order chi connectivity index (χ1) is 7.74. The molecule has 17 heavy (non-hydrogen) atoms. The van der Waals surface area contributed by atoms with E-state index in [2.05, 4.69) is 9.72 Å². The van der Waals surface area contributed by atoms with E-state index in [1.165, 1.54) is 0 Å². The van der Waals surface area contributed by atoms with Gasteiger partial charge in [0.15, 0.2) is 0 Å².